The van der Waals surface area contributed by atoms with Crippen molar-refractivity contribution in [1.82, 2.24) is 9.97 Å². The molecule has 6 heteroatoms. The summed E-state index contributed by atoms with van der Waals surface area (Å²) in [7, 11) is 0. The molecule has 0 bridgehead atoms. The molecule has 0 saturated carbocycles. The van der Waals surface area contributed by atoms with Crippen LogP contribution in [0.1, 0.15) is 19.4 Å². The van der Waals surface area contributed by atoms with Gasteiger partial charge in [0.1, 0.15) is 5.82 Å². The lowest BCUT2D eigenvalue weighted by molar-refractivity contribution is 0.840. The zero-order chi connectivity index (χ0) is 15.9. The van der Waals surface area contributed by atoms with E-state index in [1.807, 2.05) is 18.2 Å². The number of benzene rings is 1. The minimum absolute atomic E-state index is 0.634. The van der Waals surface area contributed by atoms with Crippen LogP contribution in [0.3, 0.4) is 0 Å². The van der Waals surface area contributed by atoms with Gasteiger partial charge in [0.25, 0.3) is 0 Å². The van der Waals surface area contributed by atoms with Gasteiger partial charge >= 0.3 is 0 Å². The molecule has 0 aliphatic rings. The lowest BCUT2D eigenvalue weighted by Gasteiger charge is -2.19. The van der Waals surface area contributed by atoms with E-state index in [0.29, 0.717) is 22.5 Å². The van der Waals surface area contributed by atoms with Gasteiger partial charge < -0.3 is 10.2 Å². The average molecular weight is 339 g/mol. The molecule has 2 rings (SSSR count). The zero-order valence-electron chi connectivity index (χ0n) is 12.8. The molecule has 1 N–H and O–H groups in total. The topological polar surface area (TPSA) is 41.1 Å². The molecule has 1 aromatic heterocycles. The Labute approximate surface area is 141 Å². The molecule has 118 valence electrons. The smallest absolute Gasteiger partial charge is 0.224 e. The van der Waals surface area contributed by atoms with Gasteiger partial charge in [0.2, 0.25) is 5.95 Å². The minimum Gasteiger partial charge on any atom is -0.357 e. The Kier molecular flexibility index (Phi) is 6.28. The van der Waals surface area contributed by atoms with Crippen LogP contribution >= 0.6 is 23.2 Å². The fourth-order valence-electron chi connectivity index (χ4n) is 2.19. The van der Waals surface area contributed by atoms with Crippen LogP contribution < -0.4 is 10.2 Å². The number of nitrogens with one attached hydrogen (secondary N) is 1. The lowest BCUT2D eigenvalue weighted by atomic mass is 10.1. The number of nitrogens with zero attached hydrogens (tertiary/aromatic N) is 3. The molecule has 4 nitrogen and oxygen atoms in total. The molecule has 0 aliphatic heterocycles. The van der Waals surface area contributed by atoms with E-state index in [4.69, 9.17) is 23.2 Å². The van der Waals surface area contributed by atoms with E-state index in [0.717, 1.165) is 30.9 Å². The summed E-state index contributed by atoms with van der Waals surface area (Å²) in [5.74, 6) is 1.57. The predicted molar refractivity (Wildman–Crippen MR) is 94.2 cm³/mol. The maximum atomic E-state index is 6.17. The summed E-state index contributed by atoms with van der Waals surface area (Å²) in [6.45, 7) is 6.78. The molecule has 1 aromatic carbocycles. The summed E-state index contributed by atoms with van der Waals surface area (Å²) in [5, 5.41) is 4.58. The standard InChI is InChI=1S/C16H20Cl2N4/c1-3-22(4-2)15-8-10-20-16(21-15)19-9-7-12-5-6-13(17)11-14(12)18/h5-6,8,10-11H,3-4,7,9H2,1-2H3,(H,19,20,21). The van der Waals surface area contributed by atoms with Crippen LogP contribution in [-0.4, -0.2) is 29.6 Å². The molecule has 2 aromatic rings. The summed E-state index contributed by atoms with van der Waals surface area (Å²) in [6.07, 6.45) is 2.56. The summed E-state index contributed by atoms with van der Waals surface area (Å²) in [4.78, 5) is 11.0. The Hall–Kier alpha value is -1.52. The van der Waals surface area contributed by atoms with E-state index in [-0.39, 0.29) is 0 Å². The Morgan fingerprint density at radius 3 is 2.59 bits per heavy atom. The molecule has 0 amide bonds. The number of hydrogen-bond acceptors (Lipinski definition) is 4. The van der Waals surface area contributed by atoms with Crippen molar-refractivity contribution in [2.24, 2.45) is 0 Å². The van der Waals surface area contributed by atoms with E-state index in [1.165, 1.54) is 0 Å². The molecule has 0 fully saturated rings. The van der Waals surface area contributed by atoms with Gasteiger partial charge in [-0.05, 0) is 44.0 Å². The van der Waals surface area contributed by atoms with E-state index in [1.54, 1.807) is 12.3 Å². The second-order valence-corrected chi connectivity index (χ2v) is 5.67. The third-order valence-electron chi connectivity index (χ3n) is 3.42. The second-order valence-electron chi connectivity index (χ2n) is 4.82. The highest BCUT2D eigenvalue weighted by Gasteiger charge is 2.06. The van der Waals surface area contributed by atoms with Crippen LogP contribution in [-0.2, 0) is 6.42 Å². The molecule has 0 radical (unpaired) electrons. The largest absolute Gasteiger partial charge is 0.357 e. The van der Waals surface area contributed by atoms with Crippen molar-refractivity contribution in [3.8, 4) is 0 Å². The fourth-order valence-corrected chi connectivity index (χ4v) is 2.69. The Bertz CT molecular complexity index is 615. The van der Waals surface area contributed by atoms with Crippen molar-refractivity contribution in [3.05, 3.63) is 46.1 Å². The first-order valence-corrected chi connectivity index (χ1v) is 8.15. The number of anilines is 2. The highest BCUT2D eigenvalue weighted by Crippen LogP contribution is 2.21. The summed E-state index contributed by atoms with van der Waals surface area (Å²) in [5.41, 5.74) is 1.05. The maximum Gasteiger partial charge on any atom is 0.224 e. The molecule has 1 heterocycles. The van der Waals surface area contributed by atoms with Gasteiger partial charge in [-0.1, -0.05) is 29.3 Å². The normalized spacial score (nSPS) is 10.5. The first-order valence-electron chi connectivity index (χ1n) is 7.39. The van der Waals surface area contributed by atoms with Crippen LogP contribution in [0, 0.1) is 0 Å². The van der Waals surface area contributed by atoms with Crippen molar-refractivity contribution in [2.45, 2.75) is 20.3 Å². The van der Waals surface area contributed by atoms with Gasteiger partial charge in [-0.15, -0.1) is 0 Å². The van der Waals surface area contributed by atoms with Crippen molar-refractivity contribution in [1.29, 1.82) is 0 Å². The summed E-state index contributed by atoms with van der Waals surface area (Å²) in [6, 6.07) is 7.48. The third kappa shape index (κ3) is 4.49. The number of aromatic nitrogens is 2. The summed E-state index contributed by atoms with van der Waals surface area (Å²) >= 11 is 12.1. The minimum atomic E-state index is 0.634. The monoisotopic (exact) mass is 338 g/mol. The first kappa shape index (κ1) is 16.8. The average Bonchev–Trinajstić information content (AvgIpc) is 2.51. The lowest BCUT2D eigenvalue weighted by Crippen LogP contribution is -2.23. The second kappa shape index (κ2) is 8.20. The summed E-state index contributed by atoms with van der Waals surface area (Å²) < 4.78 is 0. The molecular weight excluding hydrogens is 319 g/mol. The molecule has 0 saturated heterocycles. The fraction of sp³-hybridized carbons (Fsp3) is 0.375. The Balaban J connectivity index is 1.95. The van der Waals surface area contributed by atoms with Gasteiger partial charge in [0.15, 0.2) is 0 Å². The Morgan fingerprint density at radius 2 is 1.91 bits per heavy atom. The van der Waals surface area contributed by atoms with Gasteiger partial charge in [-0.2, -0.15) is 4.98 Å². The number of hydrogen-bond donors (Lipinski definition) is 1. The highest BCUT2D eigenvalue weighted by atomic mass is 35.5. The van der Waals surface area contributed by atoms with Crippen molar-refractivity contribution in [3.63, 3.8) is 0 Å². The quantitative estimate of drug-likeness (QED) is 0.817. The molecular formula is C16H20Cl2N4. The van der Waals surface area contributed by atoms with Crippen LogP contribution in [0.5, 0.6) is 0 Å². The van der Waals surface area contributed by atoms with Crippen LogP contribution in [0.2, 0.25) is 10.0 Å². The van der Waals surface area contributed by atoms with Gasteiger partial charge in [-0.3, -0.25) is 0 Å². The van der Waals surface area contributed by atoms with Crippen molar-refractivity contribution < 1.29 is 0 Å². The van der Waals surface area contributed by atoms with Gasteiger partial charge in [0.05, 0.1) is 0 Å². The van der Waals surface area contributed by atoms with Crippen molar-refractivity contribution >= 4 is 35.0 Å². The maximum absolute atomic E-state index is 6.17. The predicted octanol–water partition coefficient (Wildman–Crippen LogP) is 4.28. The zero-order valence-corrected chi connectivity index (χ0v) is 14.3. The number of rotatable bonds is 7. The molecule has 0 spiro atoms. The molecule has 0 aliphatic carbocycles. The first-order chi connectivity index (χ1) is 10.6. The third-order valence-corrected chi connectivity index (χ3v) is 4.01. The Morgan fingerprint density at radius 1 is 1.14 bits per heavy atom. The van der Waals surface area contributed by atoms with E-state index in [9.17, 15) is 0 Å². The molecule has 22 heavy (non-hydrogen) atoms. The van der Waals surface area contributed by atoms with Gasteiger partial charge in [-0.25, -0.2) is 4.98 Å². The highest BCUT2D eigenvalue weighted by molar-refractivity contribution is 6.35. The van der Waals surface area contributed by atoms with Crippen LogP contribution in [0.4, 0.5) is 11.8 Å². The van der Waals surface area contributed by atoms with Crippen LogP contribution in [0.15, 0.2) is 30.5 Å². The molecule has 0 atom stereocenters. The van der Waals surface area contributed by atoms with E-state index in [2.05, 4.69) is 34.0 Å². The van der Waals surface area contributed by atoms with Gasteiger partial charge in [0, 0.05) is 35.9 Å². The van der Waals surface area contributed by atoms with E-state index < -0.39 is 0 Å². The van der Waals surface area contributed by atoms with Crippen molar-refractivity contribution in [2.75, 3.05) is 29.9 Å². The van der Waals surface area contributed by atoms with E-state index >= 15 is 0 Å². The molecule has 0 unspecified atom stereocenters. The SMILES string of the molecule is CCN(CC)c1ccnc(NCCc2ccc(Cl)cc2Cl)n1. The number of halogens is 2. The van der Waals surface area contributed by atoms with Crippen LogP contribution in [0.25, 0.3) is 0 Å².